The van der Waals surface area contributed by atoms with Crippen LogP contribution < -0.4 is 4.31 Å². The first kappa shape index (κ1) is 27.9. The molecule has 5 rings (SSSR count). The van der Waals surface area contributed by atoms with Crippen LogP contribution in [-0.2, 0) is 21.2 Å². The highest BCUT2D eigenvalue weighted by molar-refractivity contribution is 7.92. The first-order valence-corrected chi connectivity index (χ1v) is 15.1. The van der Waals surface area contributed by atoms with Crippen molar-refractivity contribution < 1.29 is 13.2 Å². The highest BCUT2D eigenvalue weighted by atomic mass is 35.5. The van der Waals surface area contributed by atoms with Crippen LogP contribution in [0.5, 0.6) is 0 Å². The number of anilines is 1. The molecule has 0 unspecified atom stereocenters. The zero-order chi connectivity index (χ0) is 28.1. The van der Waals surface area contributed by atoms with Gasteiger partial charge in [0.2, 0.25) is 5.91 Å². The molecular formula is C32H32ClN3O3S. The fourth-order valence-corrected chi connectivity index (χ4v) is 6.45. The average Bonchev–Trinajstić information content (AvgIpc) is 2.99. The van der Waals surface area contributed by atoms with E-state index in [0.717, 1.165) is 18.7 Å². The Bertz CT molecular complexity index is 1480. The van der Waals surface area contributed by atoms with Crippen LogP contribution in [0.25, 0.3) is 0 Å². The number of piperazine rings is 1. The Hall–Kier alpha value is -3.65. The second kappa shape index (κ2) is 12.3. The molecule has 0 atom stereocenters. The Kier molecular flexibility index (Phi) is 8.54. The van der Waals surface area contributed by atoms with E-state index < -0.39 is 10.0 Å². The lowest BCUT2D eigenvalue weighted by Gasteiger charge is -2.40. The van der Waals surface area contributed by atoms with Crippen molar-refractivity contribution in [3.63, 3.8) is 0 Å². The smallest absolute Gasteiger partial charge is 0.264 e. The van der Waals surface area contributed by atoms with E-state index >= 15 is 0 Å². The molecule has 8 heteroatoms. The van der Waals surface area contributed by atoms with Crippen LogP contribution in [0.1, 0.15) is 22.7 Å². The number of sulfonamides is 1. The number of carbonyl (C=O) groups excluding carboxylic acids is 1. The zero-order valence-corrected chi connectivity index (χ0v) is 23.9. The number of rotatable bonds is 8. The third-order valence-corrected chi connectivity index (χ3v) is 9.44. The largest absolute Gasteiger partial charge is 0.340 e. The summed E-state index contributed by atoms with van der Waals surface area (Å²) in [4.78, 5) is 17.7. The second-order valence-corrected chi connectivity index (χ2v) is 12.3. The highest BCUT2D eigenvalue weighted by Crippen LogP contribution is 2.30. The van der Waals surface area contributed by atoms with E-state index in [4.69, 9.17) is 11.6 Å². The highest BCUT2D eigenvalue weighted by Gasteiger charge is 2.28. The van der Waals surface area contributed by atoms with E-state index in [2.05, 4.69) is 53.4 Å². The molecule has 1 saturated heterocycles. The van der Waals surface area contributed by atoms with Gasteiger partial charge in [-0.1, -0.05) is 84.4 Å². The number of nitrogens with zero attached hydrogens (tertiary/aromatic N) is 3. The van der Waals surface area contributed by atoms with Crippen LogP contribution in [0, 0.1) is 0 Å². The summed E-state index contributed by atoms with van der Waals surface area (Å²) in [6.45, 7) is 2.89. The van der Waals surface area contributed by atoms with E-state index in [1.165, 1.54) is 34.6 Å². The van der Waals surface area contributed by atoms with Gasteiger partial charge in [-0.05, 0) is 53.1 Å². The van der Waals surface area contributed by atoms with Gasteiger partial charge in [-0.2, -0.15) is 0 Å². The Balaban J connectivity index is 1.21. The molecule has 4 aromatic carbocycles. The van der Waals surface area contributed by atoms with Crippen LogP contribution in [0.2, 0.25) is 5.02 Å². The molecule has 6 nitrogen and oxygen atoms in total. The minimum absolute atomic E-state index is 0.0745. The molecule has 0 aliphatic carbocycles. The van der Waals surface area contributed by atoms with Crippen LogP contribution in [-0.4, -0.2) is 57.4 Å². The van der Waals surface area contributed by atoms with Gasteiger partial charge >= 0.3 is 0 Å². The van der Waals surface area contributed by atoms with Gasteiger partial charge in [-0.3, -0.25) is 14.0 Å². The maximum absolute atomic E-state index is 13.2. The molecule has 0 saturated carbocycles. The summed E-state index contributed by atoms with van der Waals surface area (Å²) < 4.78 is 27.2. The summed E-state index contributed by atoms with van der Waals surface area (Å²) in [6, 6.07) is 34.3. The number of carbonyl (C=O) groups is 1. The Morgan fingerprint density at radius 2 is 1.30 bits per heavy atom. The van der Waals surface area contributed by atoms with Crippen LogP contribution in [0.15, 0.2) is 114 Å². The fourth-order valence-electron chi connectivity index (χ4n) is 5.13. The van der Waals surface area contributed by atoms with Gasteiger partial charge in [0.05, 0.1) is 23.0 Å². The number of amides is 1. The van der Waals surface area contributed by atoms with Gasteiger partial charge in [0.15, 0.2) is 0 Å². The lowest BCUT2D eigenvalue weighted by atomic mass is 9.96. The summed E-state index contributed by atoms with van der Waals surface area (Å²) >= 11 is 5.90. The molecule has 1 aliphatic heterocycles. The Morgan fingerprint density at radius 1 is 0.775 bits per heavy atom. The van der Waals surface area contributed by atoms with Gasteiger partial charge in [-0.25, -0.2) is 8.42 Å². The van der Waals surface area contributed by atoms with Crippen molar-refractivity contribution in [3.05, 3.63) is 131 Å². The van der Waals surface area contributed by atoms with Gasteiger partial charge in [0.1, 0.15) is 0 Å². The van der Waals surface area contributed by atoms with E-state index in [0.29, 0.717) is 23.8 Å². The fraction of sp³-hybridized carbons (Fsp3) is 0.219. The van der Waals surface area contributed by atoms with Gasteiger partial charge < -0.3 is 4.90 Å². The second-order valence-electron chi connectivity index (χ2n) is 9.91. The van der Waals surface area contributed by atoms with Crippen molar-refractivity contribution in [2.75, 3.05) is 37.5 Å². The molecule has 0 bridgehead atoms. The molecular weight excluding hydrogens is 542 g/mol. The lowest BCUT2D eigenvalue weighted by molar-refractivity contribution is -0.132. The molecule has 1 amide bonds. The van der Waals surface area contributed by atoms with Gasteiger partial charge in [-0.15, -0.1) is 0 Å². The number of hydrogen-bond donors (Lipinski definition) is 0. The summed E-state index contributed by atoms with van der Waals surface area (Å²) in [6.07, 6.45) is 0.273. The van der Waals surface area contributed by atoms with Gasteiger partial charge in [0.25, 0.3) is 10.0 Å². The third-order valence-electron chi connectivity index (χ3n) is 7.39. The van der Waals surface area contributed by atoms with E-state index in [1.54, 1.807) is 24.3 Å². The van der Waals surface area contributed by atoms with Crippen LogP contribution >= 0.6 is 11.6 Å². The van der Waals surface area contributed by atoms with Crippen molar-refractivity contribution in [2.24, 2.45) is 0 Å². The quantitative estimate of drug-likeness (QED) is 0.274. The van der Waals surface area contributed by atoms with Crippen molar-refractivity contribution >= 4 is 33.2 Å². The van der Waals surface area contributed by atoms with Crippen molar-refractivity contribution in [2.45, 2.75) is 17.4 Å². The summed E-state index contributed by atoms with van der Waals surface area (Å²) in [7, 11) is -2.20. The predicted molar refractivity (Wildman–Crippen MR) is 160 cm³/mol. The topological polar surface area (TPSA) is 60.9 Å². The first-order chi connectivity index (χ1) is 19.3. The standard InChI is InChI=1S/C32H32ClN3O3S/c1-34(40(38,39)30-18-14-28(33)15-19-30)29-16-12-25(13-17-29)24-31(37)35-20-22-36(23-21-35)32(26-8-4-2-5-9-26)27-10-6-3-7-11-27/h2-19,32H,20-24H2,1H3. The van der Waals surface area contributed by atoms with Crippen LogP contribution in [0.4, 0.5) is 5.69 Å². The molecule has 1 aliphatic rings. The van der Waals surface area contributed by atoms with Crippen molar-refractivity contribution in [1.29, 1.82) is 0 Å². The summed E-state index contributed by atoms with van der Waals surface area (Å²) in [5, 5.41) is 0.476. The number of benzene rings is 4. The maximum atomic E-state index is 13.2. The zero-order valence-electron chi connectivity index (χ0n) is 22.4. The molecule has 1 fully saturated rings. The van der Waals surface area contributed by atoms with Gasteiger partial charge in [0, 0.05) is 38.2 Å². The lowest BCUT2D eigenvalue weighted by Crippen LogP contribution is -2.50. The summed E-state index contributed by atoms with van der Waals surface area (Å²) in [5.74, 6) is 0.0745. The summed E-state index contributed by atoms with van der Waals surface area (Å²) in [5.41, 5.74) is 3.86. The first-order valence-electron chi connectivity index (χ1n) is 13.3. The van der Waals surface area contributed by atoms with Crippen molar-refractivity contribution in [3.8, 4) is 0 Å². The van der Waals surface area contributed by atoms with E-state index in [9.17, 15) is 13.2 Å². The van der Waals surface area contributed by atoms with Crippen molar-refractivity contribution in [1.82, 2.24) is 9.80 Å². The molecule has 0 spiro atoms. The normalized spacial score (nSPS) is 14.3. The molecule has 0 N–H and O–H groups in total. The monoisotopic (exact) mass is 573 g/mol. The molecule has 40 heavy (non-hydrogen) atoms. The Morgan fingerprint density at radius 3 is 1.82 bits per heavy atom. The predicted octanol–water partition coefficient (Wildman–Crippen LogP) is 5.64. The SMILES string of the molecule is CN(c1ccc(CC(=O)N2CCN(C(c3ccccc3)c3ccccc3)CC2)cc1)S(=O)(=O)c1ccc(Cl)cc1. The molecule has 0 radical (unpaired) electrons. The molecule has 206 valence electrons. The van der Waals surface area contributed by atoms with Crippen LogP contribution in [0.3, 0.4) is 0 Å². The molecule has 4 aromatic rings. The Labute approximate surface area is 241 Å². The van der Waals surface area contributed by atoms with E-state index in [-0.39, 0.29) is 23.3 Å². The van der Waals surface area contributed by atoms with E-state index in [1.807, 2.05) is 29.2 Å². The average molecular weight is 574 g/mol. The molecule has 1 heterocycles. The third kappa shape index (κ3) is 6.22. The molecule has 0 aromatic heterocycles. The number of hydrogen-bond acceptors (Lipinski definition) is 4. The minimum atomic E-state index is -3.72. The number of halogens is 1. The minimum Gasteiger partial charge on any atom is -0.340 e. The maximum Gasteiger partial charge on any atom is 0.264 e.